The predicted octanol–water partition coefficient (Wildman–Crippen LogP) is 2.80. The summed E-state index contributed by atoms with van der Waals surface area (Å²) in [4.78, 5) is 0.286. The van der Waals surface area contributed by atoms with Crippen LogP contribution in [0.25, 0.3) is 0 Å². The first-order valence-electron chi connectivity index (χ1n) is 7.05. The van der Waals surface area contributed by atoms with Crippen molar-refractivity contribution >= 4 is 21.4 Å². The number of anilines is 2. The second-order valence-corrected chi connectivity index (χ2v) is 7.09. The normalized spacial score (nSPS) is 15.3. The molecule has 0 radical (unpaired) electrons. The molecule has 3 rings (SSSR count). The van der Waals surface area contributed by atoms with Gasteiger partial charge in [0.15, 0.2) is 0 Å². The van der Waals surface area contributed by atoms with E-state index in [9.17, 15) is 8.42 Å². The summed E-state index contributed by atoms with van der Waals surface area (Å²) < 4.78 is 27.3. The average Bonchev–Trinajstić information content (AvgIpc) is 2.70. The van der Waals surface area contributed by atoms with Gasteiger partial charge < -0.3 is 5.73 Å². The van der Waals surface area contributed by atoms with Gasteiger partial charge in [-0.1, -0.05) is 18.2 Å². The monoisotopic (exact) mass is 302 g/mol. The average molecular weight is 302 g/mol. The summed E-state index contributed by atoms with van der Waals surface area (Å²) in [7, 11) is -3.54. The minimum Gasteiger partial charge on any atom is -0.399 e. The minimum absolute atomic E-state index is 0.286. The Morgan fingerprint density at radius 1 is 0.952 bits per heavy atom. The molecule has 0 unspecified atom stereocenters. The molecule has 0 atom stereocenters. The largest absolute Gasteiger partial charge is 0.399 e. The number of hydrogen-bond acceptors (Lipinski definition) is 3. The van der Waals surface area contributed by atoms with Crippen LogP contribution in [0.1, 0.15) is 18.4 Å². The molecule has 0 aliphatic carbocycles. The van der Waals surface area contributed by atoms with E-state index in [0.717, 1.165) is 30.5 Å². The van der Waals surface area contributed by atoms with Crippen molar-refractivity contribution in [1.29, 1.82) is 0 Å². The molecule has 0 saturated heterocycles. The Kier molecular flexibility index (Phi) is 3.59. The second-order valence-electron chi connectivity index (χ2n) is 5.23. The number of benzene rings is 2. The van der Waals surface area contributed by atoms with Crippen LogP contribution in [0.4, 0.5) is 11.4 Å². The summed E-state index contributed by atoms with van der Waals surface area (Å²) in [5, 5.41) is 0. The molecule has 4 nitrogen and oxygen atoms in total. The molecule has 2 aromatic rings. The second kappa shape index (κ2) is 5.41. The number of nitrogen functional groups attached to an aromatic ring is 1. The maximum Gasteiger partial charge on any atom is 0.264 e. The Bertz CT molecular complexity index is 739. The highest BCUT2D eigenvalue weighted by Gasteiger charge is 2.27. The lowest BCUT2D eigenvalue weighted by atomic mass is 10.1. The van der Waals surface area contributed by atoms with E-state index >= 15 is 0 Å². The van der Waals surface area contributed by atoms with Crippen LogP contribution in [0.15, 0.2) is 53.4 Å². The zero-order chi connectivity index (χ0) is 14.9. The fourth-order valence-corrected chi connectivity index (χ4v) is 4.21. The number of nitrogens with zero attached hydrogens (tertiary/aromatic N) is 1. The summed E-state index contributed by atoms with van der Waals surface area (Å²) in [6, 6.07) is 14.1. The van der Waals surface area contributed by atoms with Gasteiger partial charge in [-0.25, -0.2) is 8.42 Å². The number of para-hydroxylation sites is 1. The third-order valence-electron chi connectivity index (χ3n) is 3.79. The maximum absolute atomic E-state index is 12.9. The highest BCUT2D eigenvalue weighted by Crippen LogP contribution is 2.31. The Morgan fingerprint density at radius 2 is 1.67 bits per heavy atom. The third kappa shape index (κ3) is 2.61. The summed E-state index contributed by atoms with van der Waals surface area (Å²) in [5.74, 6) is 0. The number of hydrogen-bond donors (Lipinski definition) is 1. The lowest BCUT2D eigenvalue weighted by Gasteiger charge is -2.24. The van der Waals surface area contributed by atoms with Crippen molar-refractivity contribution in [2.75, 3.05) is 16.6 Å². The number of rotatable bonds is 2. The molecule has 0 fully saturated rings. The fourth-order valence-electron chi connectivity index (χ4n) is 2.67. The van der Waals surface area contributed by atoms with Crippen LogP contribution in [0, 0.1) is 0 Å². The molecule has 1 aliphatic rings. The Balaban J connectivity index is 2.08. The van der Waals surface area contributed by atoms with Crippen LogP contribution >= 0.6 is 0 Å². The van der Waals surface area contributed by atoms with Crippen molar-refractivity contribution in [1.82, 2.24) is 0 Å². The van der Waals surface area contributed by atoms with Crippen LogP contribution < -0.4 is 10.0 Å². The Labute approximate surface area is 125 Å². The molecule has 1 aliphatic heterocycles. The van der Waals surface area contributed by atoms with Gasteiger partial charge in [0.25, 0.3) is 10.0 Å². The predicted molar refractivity (Wildman–Crippen MR) is 84.8 cm³/mol. The lowest BCUT2D eigenvalue weighted by molar-refractivity contribution is 0.589. The van der Waals surface area contributed by atoms with E-state index in [2.05, 4.69) is 0 Å². The molecule has 0 amide bonds. The van der Waals surface area contributed by atoms with Gasteiger partial charge in [-0.15, -0.1) is 0 Å². The van der Waals surface area contributed by atoms with Crippen molar-refractivity contribution in [2.45, 2.75) is 24.2 Å². The van der Waals surface area contributed by atoms with E-state index in [1.807, 2.05) is 24.3 Å². The standard InChI is InChI=1S/C16H18N2O2S/c17-14-8-10-15(11-9-14)21(19,20)18-12-4-3-6-13-5-1-2-7-16(13)18/h1-2,5,7-11H,3-4,6,12,17H2. The van der Waals surface area contributed by atoms with Gasteiger partial charge in [-0.3, -0.25) is 4.31 Å². The van der Waals surface area contributed by atoms with E-state index < -0.39 is 10.0 Å². The van der Waals surface area contributed by atoms with E-state index in [4.69, 9.17) is 5.73 Å². The van der Waals surface area contributed by atoms with Gasteiger partial charge in [0.05, 0.1) is 10.6 Å². The van der Waals surface area contributed by atoms with Crippen molar-refractivity contribution in [3.05, 3.63) is 54.1 Å². The van der Waals surface area contributed by atoms with Crippen LogP contribution in [0.2, 0.25) is 0 Å². The minimum atomic E-state index is -3.54. The van der Waals surface area contributed by atoms with Gasteiger partial charge in [0.2, 0.25) is 0 Å². The van der Waals surface area contributed by atoms with Gasteiger partial charge in [-0.05, 0) is 55.2 Å². The van der Waals surface area contributed by atoms with Crippen LogP contribution in [0.5, 0.6) is 0 Å². The molecule has 2 aromatic carbocycles. The first-order chi connectivity index (χ1) is 10.1. The zero-order valence-corrected chi connectivity index (χ0v) is 12.5. The van der Waals surface area contributed by atoms with Crippen molar-refractivity contribution in [3.63, 3.8) is 0 Å². The van der Waals surface area contributed by atoms with Crippen molar-refractivity contribution in [3.8, 4) is 0 Å². The van der Waals surface area contributed by atoms with Crippen LogP contribution in [0.3, 0.4) is 0 Å². The zero-order valence-electron chi connectivity index (χ0n) is 11.7. The van der Waals surface area contributed by atoms with Crippen LogP contribution in [-0.2, 0) is 16.4 Å². The highest BCUT2D eigenvalue weighted by atomic mass is 32.2. The molecule has 21 heavy (non-hydrogen) atoms. The maximum atomic E-state index is 12.9. The van der Waals surface area contributed by atoms with E-state index in [1.165, 1.54) is 4.31 Å². The molecule has 0 aromatic heterocycles. The molecular formula is C16H18N2O2S. The van der Waals surface area contributed by atoms with Gasteiger partial charge >= 0.3 is 0 Å². The van der Waals surface area contributed by atoms with Gasteiger partial charge in [0, 0.05) is 12.2 Å². The molecule has 0 spiro atoms. The summed E-state index contributed by atoms with van der Waals surface area (Å²) >= 11 is 0. The van der Waals surface area contributed by atoms with E-state index in [-0.39, 0.29) is 4.90 Å². The van der Waals surface area contributed by atoms with Crippen molar-refractivity contribution < 1.29 is 8.42 Å². The summed E-state index contributed by atoms with van der Waals surface area (Å²) in [5.41, 5.74) is 8.09. The Morgan fingerprint density at radius 3 is 2.43 bits per heavy atom. The summed E-state index contributed by atoms with van der Waals surface area (Å²) in [6.07, 6.45) is 2.79. The molecule has 1 heterocycles. The lowest BCUT2D eigenvalue weighted by Crippen LogP contribution is -2.31. The number of nitrogens with two attached hydrogens (primary N) is 1. The first-order valence-corrected chi connectivity index (χ1v) is 8.49. The van der Waals surface area contributed by atoms with E-state index in [0.29, 0.717) is 12.2 Å². The Hall–Kier alpha value is -2.01. The smallest absolute Gasteiger partial charge is 0.264 e. The number of aryl methyl sites for hydroxylation is 1. The molecule has 0 bridgehead atoms. The van der Waals surface area contributed by atoms with Crippen molar-refractivity contribution in [2.24, 2.45) is 0 Å². The summed E-state index contributed by atoms with van der Waals surface area (Å²) in [6.45, 7) is 0.518. The molecule has 2 N–H and O–H groups in total. The van der Waals surface area contributed by atoms with Gasteiger partial charge in [-0.2, -0.15) is 0 Å². The highest BCUT2D eigenvalue weighted by molar-refractivity contribution is 7.92. The third-order valence-corrected chi connectivity index (χ3v) is 5.61. The SMILES string of the molecule is Nc1ccc(S(=O)(=O)N2CCCCc3ccccc32)cc1. The fraction of sp³-hybridized carbons (Fsp3) is 0.250. The van der Waals surface area contributed by atoms with E-state index in [1.54, 1.807) is 24.3 Å². The molecule has 0 saturated carbocycles. The number of fused-ring (bicyclic) bond motifs is 1. The molecule has 5 heteroatoms. The topological polar surface area (TPSA) is 63.4 Å². The molecular weight excluding hydrogens is 284 g/mol. The van der Waals surface area contributed by atoms with Crippen LogP contribution in [-0.4, -0.2) is 15.0 Å². The quantitative estimate of drug-likeness (QED) is 0.868. The first kappa shape index (κ1) is 13.9. The molecule has 110 valence electrons. The number of sulfonamides is 1. The van der Waals surface area contributed by atoms with Gasteiger partial charge in [0.1, 0.15) is 0 Å².